The average molecular weight is 279 g/mol. The van der Waals surface area contributed by atoms with Gasteiger partial charge in [0.25, 0.3) is 0 Å². The Morgan fingerprint density at radius 1 is 1.40 bits per heavy atom. The molecule has 0 bridgehead atoms. The Hall–Kier alpha value is -1.75. The minimum absolute atomic E-state index is 0.0424. The van der Waals surface area contributed by atoms with Gasteiger partial charge in [0.1, 0.15) is 11.9 Å². The van der Waals surface area contributed by atoms with E-state index >= 15 is 0 Å². The second kappa shape index (κ2) is 6.13. The van der Waals surface area contributed by atoms with Crippen molar-refractivity contribution in [2.75, 3.05) is 7.11 Å². The summed E-state index contributed by atoms with van der Waals surface area (Å²) in [7, 11) is 1.62. The number of rotatable bonds is 5. The van der Waals surface area contributed by atoms with E-state index in [1.807, 2.05) is 31.2 Å². The Morgan fingerprint density at radius 3 is 2.60 bits per heavy atom. The quantitative estimate of drug-likeness (QED) is 0.897. The van der Waals surface area contributed by atoms with Crippen LogP contribution in [0.4, 0.5) is 4.79 Å². The minimum Gasteiger partial charge on any atom is -0.497 e. The molecule has 0 unspecified atom stereocenters. The number of hydrogen-bond donors (Lipinski definition) is 1. The summed E-state index contributed by atoms with van der Waals surface area (Å²) < 4.78 is 10.4. The monoisotopic (exact) mass is 279 g/mol. The summed E-state index contributed by atoms with van der Waals surface area (Å²) in [5, 5.41) is 9.43. The maximum atomic E-state index is 11.9. The number of benzene rings is 1. The van der Waals surface area contributed by atoms with Crippen molar-refractivity contribution in [1.29, 1.82) is 0 Å². The molecule has 1 saturated heterocycles. The summed E-state index contributed by atoms with van der Waals surface area (Å²) in [6.07, 6.45) is -0.581. The lowest BCUT2D eigenvalue weighted by molar-refractivity contribution is 0.0835. The Kier molecular flexibility index (Phi) is 4.49. The van der Waals surface area contributed by atoms with Crippen LogP contribution < -0.4 is 4.74 Å². The fraction of sp³-hybridized carbons (Fsp3) is 0.533. The first-order valence-corrected chi connectivity index (χ1v) is 6.79. The van der Waals surface area contributed by atoms with Crippen molar-refractivity contribution in [3.63, 3.8) is 0 Å². The van der Waals surface area contributed by atoms with Crippen molar-refractivity contribution < 1.29 is 19.4 Å². The number of cyclic esters (lactones) is 1. The normalized spacial score (nSPS) is 23.6. The molecule has 0 saturated carbocycles. The maximum Gasteiger partial charge on any atom is 0.410 e. The lowest BCUT2D eigenvalue weighted by Crippen LogP contribution is -2.34. The van der Waals surface area contributed by atoms with Crippen LogP contribution in [-0.2, 0) is 11.3 Å². The molecule has 20 heavy (non-hydrogen) atoms. The van der Waals surface area contributed by atoms with Gasteiger partial charge in [-0.25, -0.2) is 4.79 Å². The van der Waals surface area contributed by atoms with E-state index in [4.69, 9.17) is 9.47 Å². The second-order valence-corrected chi connectivity index (χ2v) is 5.22. The van der Waals surface area contributed by atoms with Gasteiger partial charge in [-0.1, -0.05) is 12.1 Å². The molecule has 0 radical (unpaired) electrons. The Morgan fingerprint density at radius 2 is 2.05 bits per heavy atom. The maximum absolute atomic E-state index is 11.9. The molecule has 0 aliphatic carbocycles. The number of methoxy groups -OCH3 is 1. The third-order valence-corrected chi connectivity index (χ3v) is 3.60. The molecule has 3 atom stereocenters. The van der Waals surface area contributed by atoms with Crippen LogP contribution in [-0.4, -0.2) is 41.5 Å². The number of hydrogen-bond acceptors (Lipinski definition) is 4. The summed E-state index contributed by atoms with van der Waals surface area (Å²) in [4.78, 5) is 13.6. The number of aliphatic hydroxyl groups excluding tert-OH is 1. The molecule has 1 aliphatic rings. The zero-order valence-corrected chi connectivity index (χ0v) is 12.1. The zero-order chi connectivity index (χ0) is 14.7. The number of amides is 1. The van der Waals surface area contributed by atoms with Crippen molar-refractivity contribution in [2.24, 2.45) is 0 Å². The average Bonchev–Trinajstić information content (AvgIpc) is 2.66. The van der Waals surface area contributed by atoms with Gasteiger partial charge in [0.05, 0.1) is 19.3 Å². The molecule has 2 rings (SSSR count). The van der Waals surface area contributed by atoms with E-state index < -0.39 is 6.10 Å². The first-order chi connectivity index (χ1) is 9.51. The molecule has 0 spiro atoms. The summed E-state index contributed by atoms with van der Waals surface area (Å²) >= 11 is 0. The van der Waals surface area contributed by atoms with Crippen LogP contribution in [0.3, 0.4) is 0 Å². The highest BCUT2D eigenvalue weighted by molar-refractivity contribution is 5.70. The van der Waals surface area contributed by atoms with Gasteiger partial charge in [0.15, 0.2) is 0 Å². The molecule has 1 heterocycles. The zero-order valence-electron chi connectivity index (χ0n) is 12.1. The van der Waals surface area contributed by atoms with Crippen molar-refractivity contribution >= 4 is 6.09 Å². The van der Waals surface area contributed by atoms with Crippen LogP contribution in [0, 0.1) is 0 Å². The van der Waals surface area contributed by atoms with Gasteiger partial charge in [0, 0.05) is 13.0 Å². The summed E-state index contributed by atoms with van der Waals surface area (Å²) in [6.45, 7) is 4.15. The predicted molar refractivity (Wildman–Crippen MR) is 74.6 cm³/mol. The van der Waals surface area contributed by atoms with Crippen LogP contribution >= 0.6 is 0 Å². The fourth-order valence-electron chi connectivity index (χ4n) is 2.38. The Labute approximate surface area is 119 Å². The Balaban J connectivity index is 2.02. The van der Waals surface area contributed by atoms with E-state index in [9.17, 15) is 9.90 Å². The smallest absolute Gasteiger partial charge is 0.410 e. The van der Waals surface area contributed by atoms with Gasteiger partial charge < -0.3 is 14.6 Å². The number of aliphatic hydroxyl groups is 1. The fourth-order valence-corrected chi connectivity index (χ4v) is 2.38. The van der Waals surface area contributed by atoms with E-state index in [1.165, 1.54) is 0 Å². The highest BCUT2D eigenvalue weighted by atomic mass is 16.6. The van der Waals surface area contributed by atoms with Gasteiger partial charge in [-0.15, -0.1) is 0 Å². The minimum atomic E-state index is -0.476. The Bertz CT molecular complexity index is 457. The number of carbonyl (C=O) groups is 1. The van der Waals surface area contributed by atoms with E-state index in [2.05, 4.69) is 0 Å². The predicted octanol–water partition coefficient (Wildman–Crippen LogP) is 2.18. The van der Waals surface area contributed by atoms with Crippen molar-refractivity contribution in [1.82, 2.24) is 4.90 Å². The summed E-state index contributed by atoms with van der Waals surface area (Å²) in [5.41, 5.74) is 1.02. The lowest BCUT2D eigenvalue weighted by atomic mass is 10.1. The van der Waals surface area contributed by atoms with E-state index in [0.29, 0.717) is 13.0 Å². The highest BCUT2D eigenvalue weighted by Crippen LogP contribution is 2.25. The molecule has 110 valence electrons. The van der Waals surface area contributed by atoms with Gasteiger partial charge >= 0.3 is 6.09 Å². The number of carbonyl (C=O) groups excluding carboxylic acids is 1. The van der Waals surface area contributed by atoms with Crippen LogP contribution in [0.1, 0.15) is 25.8 Å². The van der Waals surface area contributed by atoms with Crippen molar-refractivity contribution in [3.05, 3.63) is 29.8 Å². The number of ether oxygens (including phenoxy) is 2. The van der Waals surface area contributed by atoms with Crippen LogP contribution in [0.25, 0.3) is 0 Å². The molecular formula is C15H21NO4. The molecule has 1 aromatic rings. The first-order valence-electron chi connectivity index (χ1n) is 6.79. The van der Waals surface area contributed by atoms with Gasteiger partial charge in [-0.3, -0.25) is 4.90 Å². The molecule has 5 heteroatoms. The largest absolute Gasteiger partial charge is 0.497 e. The van der Waals surface area contributed by atoms with Crippen LogP contribution in [0.5, 0.6) is 5.75 Å². The molecule has 1 aliphatic heterocycles. The molecule has 1 amide bonds. The first kappa shape index (κ1) is 14.7. The van der Waals surface area contributed by atoms with E-state index in [0.717, 1.165) is 11.3 Å². The van der Waals surface area contributed by atoms with Crippen molar-refractivity contribution in [3.8, 4) is 5.75 Å². The van der Waals surface area contributed by atoms with Gasteiger partial charge in [0.2, 0.25) is 0 Å². The van der Waals surface area contributed by atoms with Crippen LogP contribution in [0.15, 0.2) is 24.3 Å². The van der Waals surface area contributed by atoms with Gasteiger partial charge in [-0.2, -0.15) is 0 Å². The molecule has 1 fully saturated rings. The lowest BCUT2D eigenvalue weighted by Gasteiger charge is -2.21. The molecule has 1 aromatic carbocycles. The molecule has 1 N–H and O–H groups in total. The van der Waals surface area contributed by atoms with E-state index in [1.54, 1.807) is 18.9 Å². The second-order valence-electron chi connectivity index (χ2n) is 5.22. The summed E-state index contributed by atoms with van der Waals surface area (Å²) in [5.74, 6) is 0.790. The SMILES string of the molecule is COc1ccc(CN2C(=O)O[C@H](C[C@H](C)O)[C@@H]2C)cc1. The molecular weight excluding hydrogens is 258 g/mol. The third-order valence-electron chi connectivity index (χ3n) is 3.60. The van der Waals surface area contributed by atoms with Gasteiger partial charge in [-0.05, 0) is 31.5 Å². The molecule has 5 nitrogen and oxygen atoms in total. The van der Waals surface area contributed by atoms with Crippen molar-refractivity contribution in [2.45, 2.75) is 45.1 Å². The number of nitrogens with zero attached hydrogens (tertiary/aromatic N) is 1. The standard InChI is InChI=1S/C15H21NO4/c1-10(17)8-14-11(2)16(15(18)20-14)9-12-4-6-13(19-3)7-5-12/h4-7,10-11,14,17H,8-9H2,1-3H3/t10-,11-,14+/m0/s1. The third kappa shape index (κ3) is 3.22. The van der Waals surface area contributed by atoms with Crippen LogP contribution in [0.2, 0.25) is 0 Å². The highest BCUT2D eigenvalue weighted by Gasteiger charge is 2.38. The topological polar surface area (TPSA) is 59.0 Å². The van der Waals surface area contributed by atoms with E-state index in [-0.39, 0.29) is 18.2 Å². The summed E-state index contributed by atoms with van der Waals surface area (Å²) in [6, 6.07) is 7.56. The molecule has 0 aromatic heterocycles.